The van der Waals surface area contributed by atoms with Crippen LogP contribution in [0.25, 0.3) is 0 Å². The molecule has 0 aliphatic carbocycles. The van der Waals surface area contributed by atoms with Gasteiger partial charge in [0.05, 0.1) is 25.7 Å². The second-order valence-electron chi connectivity index (χ2n) is 6.14. The summed E-state index contributed by atoms with van der Waals surface area (Å²) in [4.78, 5) is 24.2. The van der Waals surface area contributed by atoms with Gasteiger partial charge in [0, 0.05) is 18.5 Å². The molecule has 8 nitrogen and oxygen atoms in total. The minimum Gasteiger partial charge on any atom is -0.493 e. The van der Waals surface area contributed by atoms with Gasteiger partial charge in [0.25, 0.3) is 5.91 Å². The molecule has 2 aromatic rings. The SMILES string of the molecule is COc1ccc(CNC(=O)c2ccc(N3C(=O)CCS3(=O)=O)cc2)cc1OC. The predicted octanol–water partition coefficient (Wildman–Crippen LogP) is 1.70. The van der Waals surface area contributed by atoms with Gasteiger partial charge in [0.15, 0.2) is 11.5 Å². The highest BCUT2D eigenvalue weighted by Crippen LogP contribution is 2.28. The number of hydrogen-bond donors (Lipinski definition) is 1. The third-order valence-electron chi connectivity index (χ3n) is 4.34. The maximum absolute atomic E-state index is 12.4. The van der Waals surface area contributed by atoms with E-state index in [1.54, 1.807) is 19.2 Å². The minimum atomic E-state index is -3.62. The van der Waals surface area contributed by atoms with Gasteiger partial charge in [-0.2, -0.15) is 0 Å². The third-order valence-corrected chi connectivity index (χ3v) is 6.03. The van der Waals surface area contributed by atoms with E-state index in [1.165, 1.54) is 31.4 Å². The van der Waals surface area contributed by atoms with Gasteiger partial charge in [-0.05, 0) is 42.0 Å². The summed E-state index contributed by atoms with van der Waals surface area (Å²) >= 11 is 0. The molecular weight excluding hydrogens is 384 g/mol. The van der Waals surface area contributed by atoms with Crippen molar-refractivity contribution in [1.29, 1.82) is 0 Å². The molecule has 148 valence electrons. The molecule has 1 fully saturated rings. The Morgan fingerprint density at radius 1 is 1.07 bits per heavy atom. The van der Waals surface area contributed by atoms with E-state index >= 15 is 0 Å². The fourth-order valence-corrected chi connectivity index (χ4v) is 4.35. The molecule has 0 radical (unpaired) electrons. The lowest BCUT2D eigenvalue weighted by atomic mass is 10.1. The zero-order valence-corrected chi connectivity index (χ0v) is 16.3. The van der Waals surface area contributed by atoms with Crippen LogP contribution in [0.15, 0.2) is 42.5 Å². The summed E-state index contributed by atoms with van der Waals surface area (Å²) in [6.07, 6.45) is -0.0319. The lowest BCUT2D eigenvalue weighted by molar-refractivity contribution is -0.116. The van der Waals surface area contributed by atoms with Crippen molar-refractivity contribution in [3.63, 3.8) is 0 Å². The van der Waals surface area contributed by atoms with Crippen LogP contribution in [0.3, 0.4) is 0 Å². The molecule has 1 N–H and O–H groups in total. The van der Waals surface area contributed by atoms with Crippen LogP contribution in [0.1, 0.15) is 22.3 Å². The molecule has 0 bridgehead atoms. The molecule has 1 heterocycles. The number of carbonyl (C=O) groups is 2. The van der Waals surface area contributed by atoms with E-state index in [0.29, 0.717) is 17.1 Å². The average molecular weight is 404 g/mol. The van der Waals surface area contributed by atoms with Gasteiger partial charge in [-0.1, -0.05) is 6.07 Å². The molecule has 9 heteroatoms. The summed E-state index contributed by atoms with van der Waals surface area (Å²) in [6, 6.07) is 11.2. The number of amides is 2. The molecule has 0 atom stereocenters. The van der Waals surface area contributed by atoms with E-state index in [4.69, 9.17) is 9.47 Å². The summed E-state index contributed by atoms with van der Waals surface area (Å²) in [5.74, 6) is 0.177. The number of anilines is 1. The van der Waals surface area contributed by atoms with E-state index in [9.17, 15) is 18.0 Å². The van der Waals surface area contributed by atoms with Crippen molar-refractivity contribution < 1.29 is 27.5 Å². The molecule has 28 heavy (non-hydrogen) atoms. The van der Waals surface area contributed by atoms with Crippen molar-refractivity contribution in [3.8, 4) is 11.5 Å². The molecule has 3 rings (SSSR count). The number of benzene rings is 2. The molecular formula is C19H20N2O6S. The van der Waals surface area contributed by atoms with Crippen molar-refractivity contribution in [2.24, 2.45) is 0 Å². The number of nitrogens with zero attached hydrogens (tertiary/aromatic N) is 1. The van der Waals surface area contributed by atoms with Gasteiger partial charge in [-0.15, -0.1) is 0 Å². The Morgan fingerprint density at radius 3 is 2.32 bits per heavy atom. The Bertz CT molecular complexity index is 1000. The number of rotatable bonds is 6. The zero-order valence-electron chi connectivity index (χ0n) is 15.5. The summed E-state index contributed by atoms with van der Waals surface area (Å²) in [5, 5.41) is 2.78. The van der Waals surface area contributed by atoms with Crippen LogP contribution in [-0.2, 0) is 21.4 Å². The maximum Gasteiger partial charge on any atom is 0.251 e. The monoisotopic (exact) mass is 404 g/mol. The summed E-state index contributed by atoms with van der Waals surface area (Å²) in [7, 11) is -0.540. The predicted molar refractivity (Wildman–Crippen MR) is 103 cm³/mol. The second kappa shape index (κ2) is 7.89. The van der Waals surface area contributed by atoms with Crippen LogP contribution in [0.4, 0.5) is 5.69 Å². The first kappa shape index (κ1) is 19.7. The Balaban J connectivity index is 1.68. The number of methoxy groups -OCH3 is 2. The van der Waals surface area contributed by atoms with E-state index in [2.05, 4.69) is 5.32 Å². The molecule has 1 aliphatic heterocycles. The van der Waals surface area contributed by atoms with E-state index in [0.717, 1.165) is 9.87 Å². The lowest BCUT2D eigenvalue weighted by Gasteiger charge is -2.15. The van der Waals surface area contributed by atoms with Gasteiger partial charge >= 0.3 is 0 Å². The van der Waals surface area contributed by atoms with Gasteiger partial charge in [0.2, 0.25) is 15.9 Å². The standard InChI is InChI=1S/C19H20N2O6S/c1-26-16-8-3-13(11-17(16)27-2)12-20-19(23)14-4-6-15(7-5-14)21-18(22)9-10-28(21,24)25/h3-8,11H,9-10,12H2,1-2H3,(H,20,23). The van der Waals surface area contributed by atoms with Gasteiger partial charge in [-0.25, -0.2) is 12.7 Å². The topological polar surface area (TPSA) is 102 Å². The molecule has 2 amide bonds. The lowest BCUT2D eigenvalue weighted by Crippen LogP contribution is -2.29. The maximum atomic E-state index is 12.4. The molecule has 1 aliphatic rings. The zero-order chi connectivity index (χ0) is 20.3. The highest BCUT2D eigenvalue weighted by Gasteiger charge is 2.36. The normalized spacial score (nSPS) is 15.4. The Morgan fingerprint density at radius 2 is 1.75 bits per heavy atom. The molecule has 0 unspecified atom stereocenters. The Labute approximate surface area is 163 Å². The molecule has 0 spiro atoms. The summed E-state index contributed by atoms with van der Waals surface area (Å²) in [6.45, 7) is 0.278. The Hall–Kier alpha value is -3.07. The van der Waals surface area contributed by atoms with Gasteiger partial charge < -0.3 is 14.8 Å². The first-order valence-corrected chi connectivity index (χ1v) is 10.1. The summed E-state index contributed by atoms with van der Waals surface area (Å²) in [5.41, 5.74) is 1.42. The first-order chi connectivity index (χ1) is 13.4. The summed E-state index contributed by atoms with van der Waals surface area (Å²) < 4.78 is 35.1. The van der Waals surface area contributed by atoms with Gasteiger partial charge in [0.1, 0.15) is 0 Å². The average Bonchev–Trinajstić information content (AvgIpc) is 2.98. The van der Waals surface area contributed by atoms with Crippen LogP contribution in [0.2, 0.25) is 0 Å². The van der Waals surface area contributed by atoms with E-state index < -0.39 is 15.9 Å². The van der Waals surface area contributed by atoms with Crippen LogP contribution in [0.5, 0.6) is 11.5 Å². The van der Waals surface area contributed by atoms with Crippen LogP contribution < -0.4 is 19.1 Å². The van der Waals surface area contributed by atoms with Crippen LogP contribution in [0, 0.1) is 0 Å². The van der Waals surface area contributed by atoms with Crippen molar-refractivity contribution in [1.82, 2.24) is 5.32 Å². The smallest absolute Gasteiger partial charge is 0.251 e. The fraction of sp³-hybridized carbons (Fsp3) is 0.263. The number of hydrogen-bond acceptors (Lipinski definition) is 6. The van der Waals surface area contributed by atoms with Crippen LogP contribution >= 0.6 is 0 Å². The molecule has 0 saturated carbocycles. The first-order valence-electron chi connectivity index (χ1n) is 8.50. The van der Waals surface area contributed by atoms with Gasteiger partial charge in [-0.3, -0.25) is 9.59 Å². The highest BCUT2D eigenvalue weighted by molar-refractivity contribution is 7.94. The number of ether oxygens (including phenoxy) is 2. The highest BCUT2D eigenvalue weighted by atomic mass is 32.2. The second-order valence-corrected chi connectivity index (χ2v) is 8.08. The van der Waals surface area contributed by atoms with Crippen molar-refractivity contribution >= 4 is 27.5 Å². The Kier molecular flexibility index (Phi) is 5.55. The molecule has 0 aromatic heterocycles. The quantitative estimate of drug-likeness (QED) is 0.786. The number of carbonyl (C=O) groups excluding carboxylic acids is 2. The molecule has 2 aromatic carbocycles. The number of nitrogens with one attached hydrogen (secondary N) is 1. The minimum absolute atomic E-state index is 0.0319. The fourth-order valence-electron chi connectivity index (χ4n) is 2.89. The van der Waals surface area contributed by atoms with Crippen molar-refractivity contribution in [3.05, 3.63) is 53.6 Å². The van der Waals surface area contributed by atoms with Crippen molar-refractivity contribution in [2.75, 3.05) is 24.3 Å². The molecule has 1 saturated heterocycles. The van der Waals surface area contributed by atoms with E-state index in [1.807, 2.05) is 6.07 Å². The number of sulfonamides is 1. The largest absolute Gasteiger partial charge is 0.493 e. The third kappa shape index (κ3) is 3.94. The van der Waals surface area contributed by atoms with Crippen molar-refractivity contribution in [2.45, 2.75) is 13.0 Å². The van der Waals surface area contributed by atoms with Crippen LogP contribution in [-0.4, -0.2) is 40.2 Å². The van der Waals surface area contributed by atoms with E-state index in [-0.39, 0.29) is 30.3 Å².